The molecule has 1 aliphatic heterocycles. The van der Waals surface area contributed by atoms with Crippen molar-refractivity contribution in [1.29, 1.82) is 0 Å². The Morgan fingerprint density at radius 2 is 2.18 bits per heavy atom. The van der Waals surface area contributed by atoms with Gasteiger partial charge in [-0.3, -0.25) is 0 Å². The van der Waals surface area contributed by atoms with Gasteiger partial charge in [-0.25, -0.2) is 0 Å². The molecule has 17 heavy (non-hydrogen) atoms. The van der Waals surface area contributed by atoms with Crippen LogP contribution in [0.15, 0.2) is 28.7 Å². The Morgan fingerprint density at radius 1 is 1.47 bits per heavy atom. The van der Waals surface area contributed by atoms with Crippen LogP contribution >= 0.6 is 15.9 Å². The summed E-state index contributed by atoms with van der Waals surface area (Å²) in [6.45, 7) is 2.15. The van der Waals surface area contributed by atoms with Gasteiger partial charge < -0.3 is 15.4 Å². The Kier molecular flexibility index (Phi) is 3.88. The number of nitrogens with zero attached hydrogens (tertiary/aromatic N) is 1. The highest BCUT2D eigenvalue weighted by Gasteiger charge is 2.46. The highest BCUT2D eigenvalue weighted by molar-refractivity contribution is 9.10. The summed E-state index contributed by atoms with van der Waals surface area (Å²) < 4.78 is 6.50. The highest BCUT2D eigenvalue weighted by Crippen LogP contribution is 2.43. The fourth-order valence-corrected chi connectivity index (χ4v) is 3.04. The topological polar surface area (TPSA) is 38.5 Å². The molecule has 1 fully saturated rings. The lowest BCUT2D eigenvalue weighted by Gasteiger charge is -2.49. The fourth-order valence-electron chi connectivity index (χ4n) is 2.63. The molecule has 1 unspecified atom stereocenters. The van der Waals surface area contributed by atoms with Gasteiger partial charge >= 0.3 is 0 Å². The maximum Gasteiger partial charge on any atom is 0.0575 e. The van der Waals surface area contributed by atoms with Crippen molar-refractivity contribution in [2.24, 2.45) is 11.1 Å². The number of hydrogen-bond donors (Lipinski definition) is 1. The third-order valence-corrected chi connectivity index (χ3v) is 3.94. The Balaban J connectivity index is 2.35. The molecule has 4 heteroatoms. The summed E-state index contributed by atoms with van der Waals surface area (Å²) in [7, 11) is 4.20. The summed E-state index contributed by atoms with van der Waals surface area (Å²) in [5.41, 5.74) is 7.31. The first kappa shape index (κ1) is 13.0. The molecule has 1 heterocycles. The van der Waals surface area contributed by atoms with Crippen LogP contribution in [0.2, 0.25) is 0 Å². The molecule has 0 amide bonds. The first-order valence-corrected chi connectivity index (χ1v) is 6.58. The zero-order valence-electron chi connectivity index (χ0n) is 10.3. The van der Waals surface area contributed by atoms with Crippen LogP contribution in [-0.4, -0.2) is 38.8 Å². The van der Waals surface area contributed by atoms with E-state index in [9.17, 15) is 0 Å². The standard InChI is InChI=1S/C13H19BrN2O/c1-16(2)12(13(7-15)8-17-9-13)10-4-3-5-11(14)6-10/h3-6,12H,7-9,15H2,1-2H3. The van der Waals surface area contributed by atoms with Crippen LogP contribution < -0.4 is 5.73 Å². The molecular weight excluding hydrogens is 280 g/mol. The van der Waals surface area contributed by atoms with E-state index < -0.39 is 0 Å². The van der Waals surface area contributed by atoms with Crippen LogP contribution in [-0.2, 0) is 4.74 Å². The largest absolute Gasteiger partial charge is 0.380 e. The molecule has 1 atom stereocenters. The molecule has 1 saturated heterocycles. The van der Waals surface area contributed by atoms with Gasteiger partial charge in [0.05, 0.1) is 13.2 Å². The number of rotatable bonds is 4. The second-order valence-electron chi connectivity index (χ2n) is 4.98. The first-order valence-electron chi connectivity index (χ1n) is 5.79. The predicted octanol–water partition coefficient (Wildman–Crippen LogP) is 2.03. The van der Waals surface area contributed by atoms with Crippen LogP contribution in [0, 0.1) is 5.41 Å². The third-order valence-electron chi connectivity index (χ3n) is 3.45. The molecule has 94 valence electrons. The molecule has 0 saturated carbocycles. The number of hydrogen-bond acceptors (Lipinski definition) is 3. The SMILES string of the molecule is CN(C)C(c1cccc(Br)c1)C1(CN)COC1. The van der Waals surface area contributed by atoms with Crippen molar-refractivity contribution >= 4 is 15.9 Å². The van der Waals surface area contributed by atoms with E-state index in [1.165, 1.54) is 5.56 Å². The molecule has 3 nitrogen and oxygen atoms in total. The van der Waals surface area contributed by atoms with Crippen molar-refractivity contribution in [1.82, 2.24) is 4.90 Å². The molecular formula is C13H19BrN2O. The zero-order valence-corrected chi connectivity index (χ0v) is 11.9. The Labute approximate surface area is 111 Å². The molecule has 1 aliphatic rings. The van der Waals surface area contributed by atoms with E-state index in [1.54, 1.807) is 0 Å². The maximum absolute atomic E-state index is 5.96. The van der Waals surface area contributed by atoms with Gasteiger partial charge in [0, 0.05) is 22.5 Å². The molecule has 2 rings (SSSR count). The van der Waals surface area contributed by atoms with Crippen molar-refractivity contribution in [2.45, 2.75) is 6.04 Å². The van der Waals surface area contributed by atoms with Crippen LogP contribution in [0.1, 0.15) is 11.6 Å². The average Bonchev–Trinajstić information content (AvgIpc) is 2.22. The fraction of sp³-hybridized carbons (Fsp3) is 0.538. The lowest BCUT2D eigenvalue weighted by molar-refractivity contribution is -0.145. The first-order chi connectivity index (χ1) is 8.09. The molecule has 0 bridgehead atoms. The molecule has 0 radical (unpaired) electrons. The molecule has 0 aromatic heterocycles. The van der Waals surface area contributed by atoms with E-state index in [-0.39, 0.29) is 5.41 Å². The van der Waals surface area contributed by atoms with Gasteiger partial charge in [-0.2, -0.15) is 0 Å². The predicted molar refractivity (Wildman–Crippen MR) is 72.9 cm³/mol. The number of halogens is 1. The molecule has 1 aromatic rings. The molecule has 0 aliphatic carbocycles. The normalized spacial score (nSPS) is 20.1. The van der Waals surface area contributed by atoms with E-state index >= 15 is 0 Å². The highest BCUT2D eigenvalue weighted by atomic mass is 79.9. The second-order valence-corrected chi connectivity index (χ2v) is 5.90. The van der Waals surface area contributed by atoms with Crippen LogP contribution in [0.5, 0.6) is 0 Å². The van der Waals surface area contributed by atoms with E-state index in [0.717, 1.165) is 17.7 Å². The monoisotopic (exact) mass is 298 g/mol. The number of ether oxygens (including phenoxy) is 1. The lowest BCUT2D eigenvalue weighted by atomic mass is 9.74. The van der Waals surface area contributed by atoms with Crippen molar-refractivity contribution < 1.29 is 4.74 Å². The molecule has 1 aromatic carbocycles. The summed E-state index contributed by atoms with van der Waals surface area (Å²) in [5.74, 6) is 0. The summed E-state index contributed by atoms with van der Waals surface area (Å²) in [4.78, 5) is 2.23. The maximum atomic E-state index is 5.96. The molecule has 0 spiro atoms. The van der Waals surface area contributed by atoms with Gasteiger partial charge in [0.25, 0.3) is 0 Å². The summed E-state index contributed by atoms with van der Waals surface area (Å²) in [5, 5.41) is 0. The van der Waals surface area contributed by atoms with E-state index in [1.807, 2.05) is 6.07 Å². The van der Waals surface area contributed by atoms with Gasteiger partial charge in [-0.1, -0.05) is 28.1 Å². The average molecular weight is 299 g/mol. The Hall–Kier alpha value is -0.420. The van der Waals surface area contributed by atoms with Gasteiger partial charge in [0.1, 0.15) is 0 Å². The lowest BCUT2D eigenvalue weighted by Crippen LogP contribution is -2.55. The van der Waals surface area contributed by atoms with Gasteiger partial charge in [0.2, 0.25) is 0 Å². The minimum atomic E-state index is 0.0598. The van der Waals surface area contributed by atoms with Crippen LogP contribution in [0.4, 0.5) is 0 Å². The summed E-state index contributed by atoms with van der Waals surface area (Å²) in [6.07, 6.45) is 0. The van der Waals surface area contributed by atoms with E-state index in [4.69, 9.17) is 10.5 Å². The Bertz CT molecular complexity index is 385. The van der Waals surface area contributed by atoms with Gasteiger partial charge in [-0.05, 0) is 31.8 Å². The summed E-state index contributed by atoms with van der Waals surface area (Å²) in [6, 6.07) is 8.74. The van der Waals surface area contributed by atoms with Crippen LogP contribution in [0.25, 0.3) is 0 Å². The van der Waals surface area contributed by atoms with Gasteiger partial charge in [0.15, 0.2) is 0 Å². The van der Waals surface area contributed by atoms with Crippen molar-refractivity contribution in [3.05, 3.63) is 34.3 Å². The number of nitrogens with two attached hydrogens (primary N) is 1. The van der Waals surface area contributed by atoms with E-state index in [0.29, 0.717) is 12.6 Å². The minimum Gasteiger partial charge on any atom is -0.380 e. The van der Waals surface area contributed by atoms with E-state index in [2.05, 4.69) is 53.1 Å². The minimum absolute atomic E-state index is 0.0598. The molecule has 2 N–H and O–H groups in total. The van der Waals surface area contributed by atoms with Crippen molar-refractivity contribution in [2.75, 3.05) is 33.9 Å². The third kappa shape index (κ3) is 2.40. The summed E-state index contributed by atoms with van der Waals surface area (Å²) >= 11 is 3.53. The van der Waals surface area contributed by atoms with Gasteiger partial charge in [-0.15, -0.1) is 0 Å². The second kappa shape index (κ2) is 5.06. The Morgan fingerprint density at radius 3 is 2.59 bits per heavy atom. The van der Waals surface area contributed by atoms with Crippen molar-refractivity contribution in [3.8, 4) is 0 Å². The zero-order chi connectivity index (χ0) is 12.5. The quantitative estimate of drug-likeness (QED) is 0.924. The smallest absolute Gasteiger partial charge is 0.0575 e. The number of benzene rings is 1. The van der Waals surface area contributed by atoms with Crippen molar-refractivity contribution in [3.63, 3.8) is 0 Å². The van der Waals surface area contributed by atoms with Crippen LogP contribution in [0.3, 0.4) is 0 Å².